The van der Waals surface area contributed by atoms with E-state index in [4.69, 9.17) is 0 Å². The number of hydrogen-bond acceptors (Lipinski definition) is 0. The first kappa shape index (κ1) is 34.7. The second-order valence-electron chi connectivity index (χ2n) is 21.5. The molecule has 0 heterocycles. The van der Waals surface area contributed by atoms with Crippen LogP contribution in [0.5, 0.6) is 0 Å². The average Bonchev–Trinajstić information content (AvgIpc) is 3.61. The lowest BCUT2D eigenvalue weighted by Crippen LogP contribution is -2.54. The summed E-state index contributed by atoms with van der Waals surface area (Å²) in [6.07, 6.45) is 53.0. The first-order chi connectivity index (χ1) is 24.3. The molecule has 9 rings (SSSR count). The van der Waals surface area contributed by atoms with E-state index in [1.54, 1.807) is 205 Å². The van der Waals surface area contributed by atoms with Gasteiger partial charge in [0.2, 0.25) is 0 Å². The molecule has 0 radical (unpaired) electrons. The fourth-order valence-electron chi connectivity index (χ4n) is 17.6. The van der Waals surface area contributed by atoms with Crippen molar-refractivity contribution in [1.82, 2.24) is 0 Å². The fourth-order valence-corrected chi connectivity index (χ4v) is 17.6. The van der Waals surface area contributed by atoms with E-state index < -0.39 is 0 Å². The Kier molecular flexibility index (Phi) is 11.5. The number of hydrogen-bond donors (Lipinski definition) is 0. The van der Waals surface area contributed by atoms with Gasteiger partial charge in [0, 0.05) is 0 Å². The summed E-state index contributed by atoms with van der Waals surface area (Å²) >= 11 is 0. The van der Waals surface area contributed by atoms with Gasteiger partial charge >= 0.3 is 0 Å². The maximum atomic E-state index is 1.68. The summed E-state index contributed by atoms with van der Waals surface area (Å²) in [5.41, 5.74) is 0. The molecule has 12 atom stereocenters. The quantitative estimate of drug-likeness (QED) is 0.279. The smallest absolute Gasteiger partial charge is 0.0323 e. The predicted molar refractivity (Wildman–Crippen MR) is 208 cm³/mol. The molecule has 9 fully saturated rings. The number of fused-ring (bicyclic) bond motifs is 4. The Balaban J connectivity index is 0.903. The highest BCUT2D eigenvalue weighted by molar-refractivity contribution is 5.04. The van der Waals surface area contributed by atoms with Crippen LogP contribution >= 0.6 is 0 Å². The molecule has 0 saturated heterocycles. The zero-order chi connectivity index (χ0) is 32.6. The third-order valence-electron chi connectivity index (χ3n) is 19.7. The molecule has 0 nitrogen and oxygen atoms in total. The van der Waals surface area contributed by atoms with Gasteiger partial charge < -0.3 is 0 Å². The van der Waals surface area contributed by atoms with Crippen LogP contribution in [0.25, 0.3) is 0 Å². The topological polar surface area (TPSA) is 0 Å². The van der Waals surface area contributed by atoms with E-state index >= 15 is 0 Å². The molecule has 278 valence electrons. The summed E-state index contributed by atoms with van der Waals surface area (Å²) in [7, 11) is 0. The van der Waals surface area contributed by atoms with Crippen molar-refractivity contribution in [3.05, 3.63) is 0 Å². The molecule has 0 heteroatoms. The highest BCUT2D eigenvalue weighted by Crippen LogP contribution is 2.63. The second-order valence-corrected chi connectivity index (χ2v) is 21.5. The molecule has 0 aliphatic heterocycles. The van der Waals surface area contributed by atoms with E-state index in [1.807, 2.05) is 0 Å². The molecule has 0 N–H and O–H groups in total. The second kappa shape index (κ2) is 16.2. The number of rotatable bonds is 4. The van der Waals surface area contributed by atoms with Crippen LogP contribution in [0.4, 0.5) is 0 Å². The van der Waals surface area contributed by atoms with Crippen LogP contribution in [0.3, 0.4) is 0 Å². The Bertz CT molecular complexity index is 971. The largest absolute Gasteiger partial charge is 0.0533 e. The Labute approximate surface area is 305 Å². The summed E-state index contributed by atoms with van der Waals surface area (Å²) in [6.45, 7) is 0. The normalized spacial score (nSPS) is 51.4. The van der Waals surface area contributed by atoms with E-state index in [2.05, 4.69) is 0 Å². The van der Waals surface area contributed by atoms with E-state index in [0.717, 1.165) is 94.7 Å². The minimum absolute atomic E-state index is 1.10. The predicted octanol–water partition coefficient (Wildman–Crippen LogP) is 14.8. The van der Waals surface area contributed by atoms with Crippen LogP contribution in [0.2, 0.25) is 0 Å². The third-order valence-corrected chi connectivity index (χ3v) is 19.7. The van der Waals surface area contributed by atoms with Crippen molar-refractivity contribution in [2.45, 2.75) is 212 Å². The van der Waals surface area contributed by atoms with Gasteiger partial charge in [-0.1, -0.05) is 122 Å². The molecule has 9 aliphatic carbocycles. The van der Waals surface area contributed by atoms with Crippen molar-refractivity contribution in [2.24, 2.45) is 94.7 Å². The highest BCUT2D eigenvalue weighted by atomic mass is 14.6. The monoisotopic (exact) mass is 671 g/mol. The van der Waals surface area contributed by atoms with Gasteiger partial charge in [0.15, 0.2) is 0 Å². The van der Waals surface area contributed by atoms with E-state index in [0.29, 0.717) is 0 Å². The van der Waals surface area contributed by atoms with Crippen molar-refractivity contribution < 1.29 is 0 Å². The van der Waals surface area contributed by atoms with Gasteiger partial charge in [0.1, 0.15) is 0 Å². The molecule has 12 unspecified atom stereocenters. The van der Waals surface area contributed by atoms with Gasteiger partial charge in [-0.15, -0.1) is 0 Å². The van der Waals surface area contributed by atoms with Crippen molar-refractivity contribution in [1.29, 1.82) is 0 Å². The lowest BCUT2D eigenvalue weighted by molar-refractivity contribution is -0.119. The first-order valence-electron chi connectivity index (χ1n) is 24.3. The van der Waals surface area contributed by atoms with Gasteiger partial charge in [0.25, 0.3) is 0 Å². The Hall–Kier alpha value is 0. The summed E-state index contributed by atoms with van der Waals surface area (Å²) < 4.78 is 0. The Morgan fingerprint density at radius 3 is 0.755 bits per heavy atom. The van der Waals surface area contributed by atoms with Crippen LogP contribution in [0.1, 0.15) is 212 Å². The SMILES string of the molecule is C1CCC2CCC(C3CCCC(C4C5CCCCC5C(C5CCCC(C6CCC7CCCCC7CC6)C5)C5CCCCC54)C3)CCC2CC1. The van der Waals surface area contributed by atoms with Crippen molar-refractivity contribution >= 4 is 0 Å². The summed E-state index contributed by atoms with van der Waals surface area (Å²) in [4.78, 5) is 0. The van der Waals surface area contributed by atoms with Crippen molar-refractivity contribution in [2.75, 3.05) is 0 Å². The van der Waals surface area contributed by atoms with Crippen LogP contribution < -0.4 is 0 Å². The molecular formula is C49H82. The highest BCUT2D eigenvalue weighted by Gasteiger charge is 2.55. The molecule has 9 saturated carbocycles. The molecular weight excluding hydrogens is 589 g/mol. The first-order valence-corrected chi connectivity index (χ1v) is 24.3. The minimum atomic E-state index is 1.10. The van der Waals surface area contributed by atoms with Gasteiger partial charge in [-0.3, -0.25) is 0 Å². The average molecular weight is 671 g/mol. The maximum Gasteiger partial charge on any atom is -0.0323 e. The van der Waals surface area contributed by atoms with Crippen molar-refractivity contribution in [3.63, 3.8) is 0 Å². The zero-order valence-corrected chi connectivity index (χ0v) is 32.6. The van der Waals surface area contributed by atoms with Gasteiger partial charge in [-0.05, 0) is 185 Å². The van der Waals surface area contributed by atoms with Gasteiger partial charge in [0.05, 0.1) is 0 Å². The lowest BCUT2D eigenvalue weighted by Gasteiger charge is -2.61. The minimum Gasteiger partial charge on any atom is -0.0533 e. The van der Waals surface area contributed by atoms with Gasteiger partial charge in [-0.2, -0.15) is 0 Å². The standard InChI is InChI=1S/C49H82/c1-2-12-34-24-28-38(29-25-35(34)13-3-1)40-16-10-18-42(32-40)48-44-20-6-8-22-46(44)49(47-23-9-7-21-45(47)48)43-19-11-17-41(33-43)39-30-26-36-14-4-5-15-37(36)27-31-39/h34-49H,1-33H2. The molecule has 0 bridgehead atoms. The van der Waals surface area contributed by atoms with Crippen LogP contribution in [0.15, 0.2) is 0 Å². The van der Waals surface area contributed by atoms with Crippen LogP contribution in [0, 0.1) is 94.7 Å². The molecule has 49 heavy (non-hydrogen) atoms. The van der Waals surface area contributed by atoms with E-state index in [9.17, 15) is 0 Å². The maximum absolute atomic E-state index is 1.68. The third kappa shape index (κ3) is 7.42. The summed E-state index contributed by atoms with van der Waals surface area (Å²) in [5, 5.41) is 0. The summed E-state index contributed by atoms with van der Waals surface area (Å²) in [5.74, 6) is 17.9. The van der Waals surface area contributed by atoms with E-state index in [1.165, 1.54) is 6.42 Å². The van der Waals surface area contributed by atoms with Crippen LogP contribution in [-0.4, -0.2) is 0 Å². The Morgan fingerprint density at radius 1 is 0.163 bits per heavy atom. The summed E-state index contributed by atoms with van der Waals surface area (Å²) in [6, 6.07) is 0. The van der Waals surface area contributed by atoms with Crippen LogP contribution in [-0.2, 0) is 0 Å². The van der Waals surface area contributed by atoms with E-state index in [-0.39, 0.29) is 0 Å². The zero-order valence-electron chi connectivity index (χ0n) is 32.6. The van der Waals surface area contributed by atoms with Gasteiger partial charge in [-0.25, -0.2) is 0 Å². The molecule has 9 aliphatic rings. The Morgan fingerprint density at radius 2 is 0.408 bits per heavy atom. The lowest BCUT2D eigenvalue weighted by atomic mass is 9.44. The molecule has 0 spiro atoms. The molecule has 0 amide bonds. The molecule has 0 aromatic rings. The molecule has 0 aromatic heterocycles. The molecule has 0 aromatic carbocycles. The van der Waals surface area contributed by atoms with Crippen molar-refractivity contribution in [3.8, 4) is 0 Å². The fraction of sp³-hybridized carbons (Fsp3) is 1.00.